The van der Waals surface area contributed by atoms with Gasteiger partial charge in [0.05, 0.1) is 4.88 Å². The summed E-state index contributed by atoms with van der Waals surface area (Å²) in [4.78, 5) is 17.8. The molecule has 0 aliphatic carbocycles. The molecule has 3 heterocycles. The number of carbonyl (C=O) groups excluding carboxylic acids is 1. The van der Waals surface area contributed by atoms with Gasteiger partial charge in [-0.25, -0.2) is 0 Å². The van der Waals surface area contributed by atoms with Gasteiger partial charge in [0.15, 0.2) is 5.78 Å². The summed E-state index contributed by atoms with van der Waals surface area (Å²) in [6.07, 6.45) is 8.97. The van der Waals surface area contributed by atoms with E-state index in [1.165, 1.54) is 50.1 Å². The number of thiophene rings is 1. The molecule has 0 bridgehead atoms. The number of allylic oxidation sites excluding steroid dienone is 1. The summed E-state index contributed by atoms with van der Waals surface area (Å²) in [6.45, 7) is 4.76. The van der Waals surface area contributed by atoms with Crippen molar-refractivity contribution in [2.24, 2.45) is 0 Å². The third-order valence-electron chi connectivity index (χ3n) is 4.27. The fraction of sp³-hybridized carbons (Fsp3) is 0.562. The van der Waals surface area contributed by atoms with Gasteiger partial charge < -0.3 is 9.80 Å². The van der Waals surface area contributed by atoms with E-state index >= 15 is 0 Å². The quantitative estimate of drug-likeness (QED) is 0.615. The average Bonchev–Trinajstić information content (AvgIpc) is 3.20. The van der Waals surface area contributed by atoms with Crippen LogP contribution < -0.4 is 0 Å². The topological polar surface area (TPSA) is 23.6 Å². The van der Waals surface area contributed by atoms with Gasteiger partial charge in [0, 0.05) is 31.4 Å². The van der Waals surface area contributed by atoms with E-state index in [0.717, 1.165) is 18.0 Å². The van der Waals surface area contributed by atoms with Crippen LogP contribution in [-0.4, -0.2) is 47.8 Å². The highest BCUT2D eigenvalue weighted by atomic mass is 32.1. The zero-order chi connectivity index (χ0) is 13.8. The molecule has 2 saturated heterocycles. The second kappa shape index (κ2) is 6.55. The predicted octanol–water partition coefficient (Wildman–Crippen LogP) is 3.00. The first-order chi connectivity index (χ1) is 9.83. The Labute approximate surface area is 124 Å². The highest BCUT2D eigenvalue weighted by molar-refractivity contribution is 7.12. The van der Waals surface area contributed by atoms with Gasteiger partial charge in [0.1, 0.15) is 0 Å². The van der Waals surface area contributed by atoms with Crippen LogP contribution >= 0.6 is 11.3 Å². The summed E-state index contributed by atoms with van der Waals surface area (Å²) < 4.78 is 0. The number of hydrogen-bond acceptors (Lipinski definition) is 4. The van der Waals surface area contributed by atoms with Crippen LogP contribution in [0, 0.1) is 0 Å². The minimum atomic E-state index is 0.131. The number of hydrogen-bond donors (Lipinski definition) is 0. The first-order valence-corrected chi connectivity index (χ1v) is 8.45. The lowest BCUT2D eigenvalue weighted by molar-refractivity contribution is 0.104. The molecule has 0 saturated carbocycles. The van der Waals surface area contributed by atoms with Crippen LogP contribution in [-0.2, 0) is 0 Å². The van der Waals surface area contributed by atoms with Crippen LogP contribution in [0.5, 0.6) is 0 Å². The minimum absolute atomic E-state index is 0.131. The van der Waals surface area contributed by atoms with Gasteiger partial charge in [-0.05, 0) is 50.2 Å². The molecule has 108 valence electrons. The van der Waals surface area contributed by atoms with Gasteiger partial charge in [-0.3, -0.25) is 4.79 Å². The van der Waals surface area contributed by atoms with Gasteiger partial charge in [-0.2, -0.15) is 0 Å². The molecule has 1 aromatic rings. The first-order valence-electron chi connectivity index (χ1n) is 7.57. The van der Waals surface area contributed by atoms with Crippen LogP contribution in [0.25, 0.3) is 0 Å². The number of carbonyl (C=O) groups is 1. The van der Waals surface area contributed by atoms with Crippen LogP contribution in [0.1, 0.15) is 35.4 Å². The normalized spacial score (nSPS) is 24.0. The van der Waals surface area contributed by atoms with Crippen molar-refractivity contribution in [1.82, 2.24) is 9.80 Å². The fourth-order valence-electron chi connectivity index (χ4n) is 3.18. The van der Waals surface area contributed by atoms with Gasteiger partial charge in [-0.1, -0.05) is 6.07 Å². The molecule has 20 heavy (non-hydrogen) atoms. The summed E-state index contributed by atoms with van der Waals surface area (Å²) in [5, 5.41) is 1.95. The molecule has 1 aromatic heterocycles. The monoisotopic (exact) mass is 290 g/mol. The summed E-state index contributed by atoms with van der Waals surface area (Å²) in [6, 6.07) is 4.42. The predicted molar refractivity (Wildman–Crippen MR) is 83.2 cm³/mol. The van der Waals surface area contributed by atoms with Gasteiger partial charge in [0.2, 0.25) is 0 Å². The molecule has 0 unspecified atom stereocenters. The molecule has 3 rings (SSSR count). The third-order valence-corrected chi connectivity index (χ3v) is 5.16. The van der Waals surface area contributed by atoms with Crippen LogP contribution in [0.3, 0.4) is 0 Å². The Morgan fingerprint density at radius 3 is 2.90 bits per heavy atom. The minimum Gasteiger partial charge on any atom is -0.373 e. The summed E-state index contributed by atoms with van der Waals surface area (Å²) >= 11 is 1.51. The molecular weight excluding hydrogens is 268 g/mol. The second-order valence-corrected chi connectivity index (χ2v) is 6.65. The first kappa shape index (κ1) is 13.8. The Morgan fingerprint density at radius 2 is 2.15 bits per heavy atom. The molecule has 0 N–H and O–H groups in total. The Kier molecular flexibility index (Phi) is 4.53. The van der Waals surface area contributed by atoms with Crippen LogP contribution in [0.4, 0.5) is 0 Å². The van der Waals surface area contributed by atoms with Crippen LogP contribution in [0.15, 0.2) is 29.8 Å². The van der Waals surface area contributed by atoms with Crippen molar-refractivity contribution in [2.45, 2.75) is 31.7 Å². The number of rotatable bonds is 5. The molecule has 2 fully saturated rings. The molecule has 0 amide bonds. The molecular formula is C16H22N2OS. The number of ketones is 1. The van der Waals surface area contributed by atoms with E-state index in [1.54, 1.807) is 6.08 Å². The summed E-state index contributed by atoms with van der Waals surface area (Å²) in [5.41, 5.74) is 0. The molecule has 0 radical (unpaired) electrons. The molecule has 0 spiro atoms. The van der Waals surface area contributed by atoms with Crippen molar-refractivity contribution in [2.75, 3.05) is 26.2 Å². The van der Waals surface area contributed by atoms with E-state index in [0.29, 0.717) is 6.04 Å². The van der Waals surface area contributed by atoms with Crippen molar-refractivity contribution in [3.63, 3.8) is 0 Å². The van der Waals surface area contributed by atoms with E-state index in [4.69, 9.17) is 0 Å². The molecule has 2 aliphatic rings. The van der Waals surface area contributed by atoms with Crippen molar-refractivity contribution in [3.8, 4) is 0 Å². The Bertz CT molecular complexity index is 463. The molecule has 2 aliphatic heterocycles. The van der Waals surface area contributed by atoms with Gasteiger partial charge in [-0.15, -0.1) is 11.3 Å². The smallest absolute Gasteiger partial charge is 0.197 e. The Balaban J connectivity index is 1.56. The van der Waals surface area contributed by atoms with Crippen molar-refractivity contribution >= 4 is 17.1 Å². The number of nitrogens with zero attached hydrogens (tertiary/aromatic N) is 2. The average molecular weight is 290 g/mol. The molecule has 3 nitrogen and oxygen atoms in total. The van der Waals surface area contributed by atoms with E-state index in [2.05, 4.69) is 9.80 Å². The maximum Gasteiger partial charge on any atom is 0.197 e. The molecule has 0 aromatic carbocycles. The van der Waals surface area contributed by atoms with E-state index in [9.17, 15) is 4.79 Å². The van der Waals surface area contributed by atoms with Gasteiger partial charge >= 0.3 is 0 Å². The lowest BCUT2D eigenvalue weighted by Gasteiger charge is -2.27. The molecule has 4 heteroatoms. The summed E-state index contributed by atoms with van der Waals surface area (Å²) in [5.74, 6) is 0.131. The fourth-order valence-corrected chi connectivity index (χ4v) is 3.82. The van der Waals surface area contributed by atoms with Crippen molar-refractivity contribution in [1.29, 1.82) is 0 Å². The van der Waals surface area contributed by atoms with Crippen LogP contribution in [0.2, 0.25) is 0 Å². The maximum absolute atomic E-state index is 12.0. The van der Waals surface area contributed by atoms with E-state index in [1.807, 2.05) is 23.7 Å². The Hall–Kier alpha value is -1.13. The Morgan fingerprint density at radius 1 is 1.30 bits per heavy atom. The SMILES string of the molecule is O=C(/C=C/N1CCC[C@H]1CN1CCCC1)c1cccs1. The lowest BCUT2D eigenvalue weighted by atomic mass is 10.2. The maximum atomic E-state index is 12.0. The highest BCUT2D eigenvalue weighted by Crippen LogP contribution is 2.21. The summed E-state index contributed by atoms with van der Waals surface area (Å²) in [7, 11) is 0. The lowest BCUT2D eigenvalue weighted by Crippen LogP contribution is -2.36. The standard InChI is InChI=1S/C16H22N2OS/c19-15(16-6-4-12-20-16)7-11-18-10-3-5-14(18)13-17-8-1-2-9-17/h4,6-7,11-12,14H,1-3,5,8-10,13H2/b11-7+/t14-/m0/s1. The zero-order valence-corrected chi connectivity index (χ0v) is 12.6. The zero-order valence-electron chi connectivity index (χ0n) is 11.8. The van der Waals surface area contributed by atoms with Crippen molar-refractivity contribution in [3.05, 3.63) is 34.7 Å². The third kappa shape index (κ3) is 3.30. The van der Waals surface area contributed by atoms with E-state index < -0.39 is 0 Å². The van der Waals surface area contributed by atoms with E-state index in [-0.39, 0.29) is 5.78 Å². The number of likely N-dealkylation sites (tertiary alicyclic amines) is 2. The second-order valence-electron chi connectivity index (χ2n) is 5.70. The van der Waals surface area contributed by atoms with Gasteiger partial charge in [0.25, 0.3) is 0 Å². The molecule has 1 atom stereocenters. The highest BCUT2D eigenvalue weighted by Gasteiger charge is 2.25. The van der Waals surface area contributed by atoms with Crippen molar-refractivity contribution < 1.29 is 4.79 Å². The largest absolute Gasteiger partial charge is 0.373 e.